The molecule has 3 N–H and O–H groups in total. The summed E-state index contributed by atoms with van der Waals surface area (Å²) >= 11 is 0. The van der Waals surface area contributed by atoms with Crippen molar-refractivity contribution in [2.75, 3.05) is 24.1 Å². The maximum Gasteiger partial charge on any atom is 0.238 e. The van der Waals surface area contributed by atoms with Crippen molar-refractivity contribution in [1.29, 1.82) is 0 Å². The highest BCUT2D eigenvalue weighted by Gasteiger charge is 2.34. The van der Waals surface area contributed by atoms with Crippen LogP contribution < -0.4 is 11.1 Å². The number of benzene rings is 1. The van der Waals surface area contributed by atoms with Crippen LogP contribution in [0.15, 0.2) is 18.2 Å². The minimum absolute atomic E-state index is 0.0702. The molecule has 1 aromatic rings. The van der Waals surface area contributed by atoms with Crippen LogP contribution in [0.4, 0.5) is 11.4 Å². The summed E-state index contributed by atoms with van der Waals surface area (Å²) in [7, 11) is 0. The second-order valence-electron chi connectivity index (χ2n) is 6.22. The molecule has 1 amide bonds. The lowest BCUT2D eigenvalue weighted by Crippen LogP contribution is -2.36. The minimum Gasteiger partial charge on any atom is -0.398 e. The third-order valence-corrected chi connectivity index (χ3v) is 4.16. The molecule has 0 heterocycles. The first kappa shape index (κ1) is 13.4. The quantitative estimate of drug-likeness (QED) is 0.782. The normalized spacial score (nSPS) is 18.3. The number of rotatable bonds is 6. The molecule has 2 aliphatic rings. The number of carbonyl (C=O) groups is 1. The summed E-state index contributed by atoms with van der Waals surface area (Å²) < 4.78 is 0. The van der Waals surface area contributed by atoms with Crippen molar-refractivity contribution in [3.63, 3.8) is 0 Å². The number of nitrogens with two attached hydrogens (primary N) is 1. The molecule has 108 valence electrons. The van der Waals surface area contributed by atoms with E-state index in [1.54, 1.807) is 0 Å². The fourth-order valence-corrected chi connectivity index (χ4v) is 2.52. The molecule has 0 aromatic heterocycles. The van der Waals surface area contributed by atoms with Crippen LogP contribution in [0.25, 0.3) is 0 Å². The average molecular weight is 273 g/mol. The van der Waals surface area contributed by atoms with Crippen molar-refractivity contribution in [2.45, 2.75) is 38.6 Å². The second-order valence-corrected chi connectivity index (χ2v) is 6.22. The number of hydrogen-bond donors (Lipinski definition) is 2. The van der Waals surface area contributed by atoms with Gasteiger partial charge in [0, 0.05) is 24.0 Å². The Kier molecular flexibility index (Phi) is 3.66. The molecule has 2 fully saturated rings. The molecule has 0 unspecified atom stereocenters. The van der Waals surface area contributed by atoms with Gasteiger partial charge in [0.1, 0.15) is 0 Å². The van der Waals surface area contributed by atoms with Gasteiger partial charge in [0.05, 0.1) is 6.54 Å². The summed E-state index contributed by atoms with van der Waals surface area (Å²) in [4.78, 5) is 14.5. The fraction of sp³-hybridized carbons (Fsp3) is 0.562. The van der Waals surface area contributed by atoms with E-state index in [1.807, 2.05) is 25.1 Å². The standard InChI is InChI=1S/C16H23N3O/c1-11-2-5-13(8-15(11)17)18-16(20)10-19(14-6-7-14)9-12-3-4-12/h2,5,8,12,14H,3-4,6-7,9-10,17H2,1H3,(H,18,20). The number of nitrogens with zero attached hydrogens (tertiary/aromatic N) is 1. The van der Waals surface area contributed by atoms with Crippen LogP contribution in [0, 0.1) is 12.8 Å². The maximum atomic E-state index is 12.2. The Hall–Kier alpha value is -1.55. The third-order valence-electron chi connectivity index (χ3n) is 4.16. The number of hydrogen-bond acceptors (Lipinski definition) is 3. The Morgan fingerprint density at radius 2 is 2.10 bits per heavy atom. The van der Waals surface area contributed by atoms with E-state index in [1.165, 1.54) is 25.7 Å². The predicted octanol–water partition coefficient (Wildman–Crippen LogP) is 2.39. The molecule has 0 bridgehead atoms. The van der Waals surface area contributed by atoms with Crippen LogP contribution in [0.3, 0.4) is 0 Å². The number of aryl methyl sites for hydroxylation is 1. The Labute approximate surface area is 120 Å². The molecule has 0 atom stereocenters. The van der Waals surface area contributed by atoms with Gasteiger partial charge in [0.2, 0.25) is 5.91 Å². The largest absolute Gasteiger partial charge is 0.398 e. The summed E-state index contributed by atoms with van der Waals surface area (Å²) in [5, 5.41) is 2.96. The highest BCUT2D eigenvalue weighted by atomic mass is 16.2. The predicted molar refractivity (Wildman–Crippen MR) is 81.5 cm³/mol. The van der Waals surface area contributed by atoms with Crippen molar-refractivity contribution < 1.29 is 4.79 Å². The van der Waals surface area contributed by atoms with E-state index < -0.39 is 0 Å². The molecule has 0 radical (unpaired) electrons. The van der Waals surface area contributed by atoms with E-state index in [0.717, 1.165) is 29.4 Å². The summed E-state index contributed by atoms with van der Waals surface area (Å²) in [5.74, 6) is 0.902. The molecular formula is C16H23N3O. The molecule has 1 aromatic carbocycles. The first-order valence-electron chi connectivity index (χ1n) is 7.52. The molecule has 0 saturated heterocycles. The molecule has 2 saturated carbocycles. The Balaban J connectivity index is 1.55. The van der Waals surface area contributed by atoms with E-state index in [9.17, 15) is 4.79 Å². The zero-order valence-corrected chi connectivity index (χ0v) is 12.1. The van der Waals surface area contributed by atoms with Crippen molar-refractivity contribution in [3.05, 3.63) is 23.8 Å². The van der Waals surface area contributed by atoms with Gasteiger partial charge in [0.15, 0.2) is 0 Å². The van der Waals surface area contributed by atoms with Crippen LogP contribution in [-0.4, -0.2) is 29.9 Å². The van der Waals surface area contributed by atoms with E-state index in [0.29, 0.717) is 12.6 Å². The molecule has 0 spiro atoms. The second kappa shape index (κ2) is 5.44. The Morgan fingerprint density at radius 1 is 1.35 bits per heavy atom. The Morgan fingerprint density at radius 3 is 2.70 bits per heavy atom. The summed E-state index contributed by atoms with van der Waals surface area (Å²) in [6.45, 7) is 3.56. The van der Waals surface area contributed by atoms with Gasteiger partial charge in [-0.3, -0.25) is 9.69 Å². The van der Waals surface area contributed by atoms with Gasteiger partial charge in [-0.2, -0.15) is 0 Å². The number of nitrogens with one attached hydrogen (secondary N) is 1. The number of anilines is 2. The molecule has 20 heavy (non-hydrogen) atoms. The maximum absolute atomic E-state index is 12.2. The number of nitrogen functional groups attached to an aromatic ring is 1. The SMILES string of the molecule is Cc1ccc(NC(=O)CN(CC2CC2)C2CC2)cc1N. The van der Waals surface area contributed by atoms with Crippen molar-refractivity contribution in [3.8, 4) is 0 Å². The van der Waals surface area contributed by atoms with Crippen LogP contribution in [0.2, 0.25) is 0 Å². The summed E-state index contributed by atoms with van der Waals surface area (Å²) in [6.07, 6.45) is 5.16. The first-order chi connectivity index (χ1) is 9.61. The number of amides is 1. The van der Waals surface area contributed by atoms with Crippen LogP contribution in [0.5, 0.6) is 0 Å². The Bertz CT molecular complexity index is 506. The highest BCUT2D eigenvalue weighted by molar-refractivity contribution is 5.92. The number of carbonyl (C=O) groups excluding carboxylic acids is 1. The van der Waals surface area contributed by atoms with Crippen LogP contribution in [-0.2, 0) is 4.79 Å². The highest BCUT2D eigenvalue weighted by Crippen LogP contribution is 2.34. The summed E-state index contributed by atoms with van der Waals surface area (Å²) in [5.41, 5.74) is 8.42. The topological polar surface area (TPSA) is 58.4 Å². The third kappa shape index (κ3) is 3.51. The van der Waals surface area contributed by atoms with Gasteiger partial charge in [-0.15, -0.1) is 0 Å². The van der Waals surface area contributed by atoms with Gasteiger partial charge < -0.3 is 11.1 Å². The van der Waals surface area contributed by atoms with Gasteiger partial charge in [0.25, 0.3) is 0 Å². The lowest BCUT2D eigenvalue weighted by Gasteiger charge is -2.21. The van der Waals surface area contributed by atoms with Gasteiger partial charge >= 0.3 is 0 Å². The zero-order valence-electron chi connectivity index (χ0n) is 12.1. The average Bonchev–Trinajstić information content (AvgIpc) is 3.26. The van der Waals surface area contributed by atoms with E-state index >= 15 is 0 Å². The molecule has 3 rings (SSSR count). The van der Waals surface area contributed by atoms with Crippen molar-refractivity contribution in [1.82, 2.24) is 4.90 Å². The van der Waals surface area contributed by atoms with Crippen molar-refractivity contribution >= 4 is 17.3 Å². The monoisotopic (exact) mass is 273 g/mol. The molecular weight excluding hydrogens is 250 g/mol. The summed E-state index contributed by atoms with van der Waals surface area (Å²) in [6, 6.07) is 6.32. The molecule has 4 heteroatoms. The van der Waals surface area contributed by atoms with Crippen molar-refractivity contribution in [2.24, 2.45) is 5.92 Å². The van der Waals surface area contributed by atoms with E-state index in [-0.39, 0.29) is 5.91 Å². The van der Waals surface area contributed by atoms with Crippen LogP contribution in [0.1, 0.15) is 31.2 Å². The smallest absolute Gasteiger partial charge is 0.238 e. The molecule has 4 nitrogen and oxygen atoms in total. The zero-order chi connectivity index (χ0) is 14.1. The minimum atomic E-state index is 0.0702. The fourth-order valence-electron chi connectivity index (χ4n) is 2.52. The van der Waals surface area contributed by atoms with E-state index in [2.05, 4.69) is 10.2 Å². The lowest BCUT2D eigenvalue weighted by molar-refractivity contribution is -0.117. The van der Waals surface area contributed by atoms with Gasteiger partial charge in [-0.1, -0.05) is 6.07 Å². The first-order valence-corrected chi connectivity index (χ1v) is 7.52. The van der Waals surface area contributed by atoms with Crippen LogP contribution >= 0.6 is 0 Å². The lowest BCUT2D eigenvalue weighted by atomic mass is 10.2. The molecule has 0 aliphatic heterocycles. The van der Waals surface area contributed by atoms with Gasteiger partial charge in [-0.25, -0.2) is 0 Å². The van der Waals surface area contributed by atoms with E-state index in [4.69, 9.17) is 5.73 Å². The van der Waals surface area contributed by atoms with Gasteiger partial charge in [-0.05, 0) is 56.2 Å². The molecule has 2 aliphatic carbocycles.